The summed E-state index contributed by atoms with van der Waals surface area (Å²) < 4.78 is 0. The highest BCUT2D eigenvalue weighted by atomic mass is 14.7. The van der Waals surface area contributed by atoms with Gasteiger partial charge in [-0.3, -0.25) is 0 Å². The van der Waals surface area contributed by atoms with Crippen molar-refractivity contribution in [2.75, 3.05) is 0 Å². The predicted molar refractivity (Wildman–Crippen MR) is 108 cm³/mol. The fourth-order valence-corrected chi connectivity index (χ4v) is 9.69. The topological polar surface area (TPSA) is 0 Å². The Bertz CT molecular complexity index is 453. The molecule has 0 amide bonds. The van der Waals surface area contributed by atoms with E-state index in [1.54, 1.807) is 57.8 Å². The third kappa shape index (κ3) is 2.51. The molecule has 0 N–H and O–H groups in total. The maximum atomic E-state index is 2.59. The molecule has 0 aliphatic heterocycles. The molecule has 6 fully saturated rings. The number of fused-ring (bicyclic) bond motifs is 14. The van der Waals surface area contributed by atoms with Crippen molar-refractivity contribution in [3.63, 3.8) is 0 Å². The lowest BCUT2D eigenvalue weighted by molar-refractivity contribution is 0.0180. The monoisotopic (exact) mass is 344 g/mol. The van der Waals surface area contributed by atoms with E-state index in [-0.39, 0.29) is 0 Å². The van der Waals surface area contributed by atoms with E-state index < -0.39 is 0 Å². The van der Waals surface area contributed by atoms with Gasteiger partial charge in [-0.25, -0.2) is 0 Å². The number of hydrogen-bond donors (Lipinski definition) is 0. The molecule has 0 spiro atoms. The zero-order valence-corrected chi connectivity index (χ0v) is 17.7. The van der Waals surface area contributed by atoms with Crippen LogP contribution in [0.2, 0.25) is 0 Å². The lowest BCUT2D eigenvalue weighted by atomic mass is 9.59. The molecule has 0 aromatic carbocycles. The summed E-state index contributed by atoms with van der Waals surface area (Å²) in [5.74, 6) is 13.0. The van der Waals surface area contributed by atoms with Crippen LogP contribution >= 0.6 is 0 Å². The first-order valence-electron chi connectivity index (χ1n) is 12.3. The Morgan fingerprint density at radius 3 is 1.76 bits per heavy atom. The lowest BCUT2D eigenvalue weighted by Crippen LogP contribution is -2.41. The van der Waals surface area contributed by atoms with Gasteiger partial charge in [0.2, 0.25) is 0 Å². The van der Waals surface area contributed by atoms with Crippen molar-refractivity contribution in [1.29, 1.82) is 0 Å². The molecule has 0 aromatic rings. The third-order valence-corrected chi connectivity index (χ3v) is 9.91. The summed E-state index contributed by atoms with van der Waals surface area (Å²) in [5, 5.41) is 0. The van der Waals surface area contributed by atoms with Crippen LogP contribution in [0.1, 0.15) is 92.4 Å². The summed E-state index contributed by atoms with van der Waals surface area (Å²) in [6.07, 6.45) is 14.6. The fraction of sp³-hybridized carbons (Fsp3) is 1.00. The van der Waals surface area contributed by atoms with Gasteiger partial charge in [0, 0.05) is 0 Å². The normalized spacial score (nSPS) is 56.8. The summed E-state index contributed by atoms with van der Waals surface area (Å²) in [7, 11) is 0. The molecule has 0 aromatic heterocycles. The van der Waals surface area contributed by atoms with Gasteiger partial charge < -0.3 is 0 Å². The highest BCUT2D eigenvalue weighted by molar-refractivity contribution is 5.14. The fourth-order valence-electron chi connectivity index (χ4n) is 9.69. The van der Waals surface area contributed by atoms with Gasteiger partial charge in [-0.05, 0) is 104 Å². The second-order valence-electron chi connectivity index (χ2n) is 10.1. The Morgan fingerprint density at radius 1 is 0.480 bits per heavy atom. The maximum Gasteiger partial charge on any atom is -0.0320 e. The average molecular weight is 345 g/mol. The second kappa shape index (κ2) is 7.20. The van der Waals surface area contributed by atoms with Crippen LogP contribution in [-0.4, -0.2) is 0 Å². The minimum atomic E-state index is 1.08. The van der Waals surface area contributed by atoms with E-state index in [1.807, 2.05) is 27.7 Å². The highest BCUT2D eigenvalue weighted by Gasteiger charge is 2.66. The van der Waals surface area contributed by atoms with Crippen LogP contribution in [0.25, 0.3) is 0 Å². The Kier molecular flexibility index (Phi) is 5.29. The molecule has 11 unspecified atom stereocenters. The molecule has 25 heavy (non-hydrogen) atoms. The summed E-state index contributed by atoms with van der Waals surface area (Å²) >= 11 is 0. The first-order chi connectivity index (χ1) is 12.3. The van der Waals surface area contributed by atoms with Gasteiger partial charge >= 0.3 is 0 Å². The molecule has 6 aliphatic carbocycles. The van der Waals surface area contributed by atoms with Crippen molar-refractivity contribution in [2.45, 2.75) is 92.4 Å². The van der Waals surface area contributed by atoms with E-state index in [4.69, 9.17) is 0 Å². The van der Waals surface area contributed by atoms with E-state index in [2.05, 4.69) is 6.92 Å². The lowest BCUT2D eigenvalue weighted by Gasteiger charge is -2.46. The first kappa shape index (κ1) is 18.4. The minimum absolute atomic E-state index is 1.08. The van der Waals surface area contributed by atoms with Crippen molar-refractivity contribution in [1.82, 2.24) is 0 Å². The van der Waals surface area contributed by atoms with Crippen LogP contribution in [0.15, 0.2) is 0 Å². The molecule has 6 aliphatic rings. The van der Waals surface area contributed by atoms with Crippen molar-refractivity contribution in [3.8, 4) is 0 Å². The zero-order chi connectivity index (χ0) is 17.7. The van der Waals surface area contributed by atoms with Crippen molar-refractivity contribution < 1.29 is 0 Å². The van der Waals surface area contributed by atoms with Gasteiger partial charge in [0.1, 0.15) is 0 Å². The van der Waals surface area contributed by atoms with Crippen LogP contribution in [-0.2, 0) is 0 Å². The predicted octanol–water partition coefficient (Wildman–Crippen LogP) is 7.43. The van der Waals surface area contributed by atoms with Crippen LogP contribution in [0.5, 0.6) is 0 Å². The van der Waals surface area contributed by atoms with Gasteiger partial charge in [-0.2, -0.15) is 0 Å². The Hall–Kier alpha value is 0. The molecule has 6 rings (SSSR count). The maximum absolute atomic E-state index is 2.59. The van der Waals surface area contributed by atoms with Crippen LogP contribution in [0.4, 0.5) is 0 Å². The van der Waals surface area contributed by atoms with E-state index in [9.17, 15) is 0 Å². The van der Waals surface area contributed by atoms with Crippen LogP contribution < -0.4 is 0 Å². The zero-order valence-electron chi connectivity index (χ0n) is 17.7. The summed E-state index contributed by atoms with van der Waals surface area (Å²) in [6.45, 7) is 10.6. The van der Waals surface area contributed by atoms with E-state index in [1.165, 1.54) is 59.2 Å². The third-order valence-electron chi connectivity index (χ3n) is 9.91. The summed E-state index contributed by atoms with van der Waals surface area (Å²) in [5.41, 5.74) is 0. The average Bonchev–Trinajstić information content (AvgIpc) is 3.41. The molecule has 144 valence electrons. The largest absolute Gasteiger partial charge is 0.0683 e. The standard InChI is InChI=1S/C21H32.2C2H6/c1-11-6-7-15-18-10-19(20(11)15)17-9-12-8-16(21(17)18)14-5-3-2-4-13(12)14;2*1-2/h11-21H,2-10H2,1H3;2*1-2H3. The molecular weight excluding hydrogens is 300 g/mol. The summed E-state index contributed by atoms with van der Waals surface area (Å²) in [4.78, 5) is 0. The first-order valence-corrected chi connectivity index (χ1v) is 12.3. The molecule has 0 saturated heterocycles. The van der Waals surface area contributed by atoms with E-state index in [0.717, 1.165) is 5.92 Å². The van der Waals surface area contributed by atoms with Crippen LogP contribution in [0.3, 0.4) is 0 Å². The van der Waals surface area contributed by atoms with E-state index >= 15 is 0 Å². The van der Waals surface area contributed by atoms with Gasteiger partial charge in [0.15, 0.2) is 0 Å². The highest BCUT2D eigenvalue weighted by Crippen LogP contribution is 2.73. The van der Waals surface area contributed by atoms with Gasteiger partial charge in [0.05, 0.1) is 0 Å². The Labute approximate surface area is 157 Å². The molecular formula is C25H44. The van der Waals surface area contributed by atoms with Crippen molar-refractivity contribution in [3.05, 3.63) is 0 Å². The van der Waals surface area contributed by atoms with Gasteiger partial charge in [0.25, 0.3) is 0 Å². The molecule has 0 radical (unpaired) electrons. The smallest absolute Gasteiger partial charge is 0.0320 e. The van der Waals surface area contributed by atoms with Gasteiger partial charge in [-0.15, -0.1) is 0 Å². The second-order valence-corrected chi connectivity index (χ2v) is 10.1. The number of rotatable bonds is 0. The van der Waals surface area contributed by atoms with Crippen molar-refractivity contribution >= 4 is 0 Å². The Balaban J connectivity index is 0.000000369. The number of hydrogen-bond acceptors (Lipinski definition) is 0. The molecule has 6 saturated carbocycles. The van der Waals surface area contributed by atoms with Crippen LogP contribution in [0, 0.1) is 65.1 Å². The summed E-state index contributed by atoms with van der Waals surface area (Å²) in [6, 6.07) is 0. The molecule has 0 heteroatoms. The van der Waals surface area contributed by atoms with Gasteiger partial charge in [-0.1, -0.05) is 53.9 Å². The molecule has 0 nitrogen and oxygen atoms in total. The molecule has 0 heterocycles. The minimum Gasteiger partial charge on any atom is -0.0683 e. The SMILES string of the molecule is CC.CC.CC1CCC2C3CC(C4CC5CC(C6CCCCC56)C43)C12. The Morgan fingerprint density at radius 2 is 1.04 bits per heavy atom. The molecule has 4 bridgehead atoms. The molecule has 11 atom stereocenters. The quantitative estimate of drug-likeness (QED) is 0.428. The van der Waals surface area contributed by atoms with E-state index in [0.29, 0.717) is 0 Å². The van der Waals surface area contributed by atoms with Crippen molar-refractivity contribution in [2.24, 2.45) is 65.1 Å².